The third kappa shape index (κ3) is 4.61. The van der Waals surface area contributed by atoms with Crippen molar-refractivity contribution in [3.05, 3.63) is 56.3 Å². The molecule has 1 aromatic carbocycles. The molecule has 0 unspecified atom stereocenters. The van der Waals surface area contributed by atoms with Crippen LogP contribution in [0.1, 0.15) is 20.0 Å². The number of carbonyl (C=O) groups excluding carboxylic acids is 3. The number of nitro groups is 1. The second kappa shape index (κ2) is 8.02. The number of imide groups is 1. The zero-order valence-electron chi connectivity index (χ0n) is 12.9. The van der Waals surface area contributed by atoms with Crippen LogP contribution in [-0.2, 0) is 9.53 Å². The summed E-state index contributed by atoms with van der Waals surface area (Å²) in [5, 5.41) is 14.5. The van der Waals surface area contributed by atoms with Gasteiger partial charge in [-0.05, 0) is 17.5 Å². The molecule has 0 spiro atoms. The van der Waals surface area contributed by atoms with E-state index in [-0.39, 0.29) is 17.0 Å². The van der Waals surface area contributed by atoms with Gasteiger partial charge in [0.1, 0.15) is 11.3 Å². The maximum Gasteiger partial charge on any atom is 0.342 e. The molecule has 0 aliphatic carbocycles. The van der Waals surface area contributed by atoms with Crippen molar-refractivity contribution in [2.75, 3.05) is 13.7 Å². The van der Waals surface area contributed by atoms with E-state index in [1.165, 1.54) is 25.3 Å². The van der Waals surface area contributed by atoms with Gasteiger partial charge in [0.25, 0.3) is 17.5 Å². The van der Waals surface area contributed by atoms with Gasteiger partial charge in [0.05, 0.1) is 16.9 Å². The maximum atomic E-state index is 12.0. The van der Waals surface area contributed by atoms with Crippen LogP contribution >= 0.6 is 11.3 Å². The van der Waals surface area contributed by atoms with Gasteiger partial charge < -0.3 is 9.47 Å². The van der Waals surface area contributed by atoms with Crippen molar-refractivity contribution in [2.45, 2.75) is 0 Å². The van der Waals surface area contributed by atoms with Crippen molar-refractivity contribution < 1.29 is 28.8 Å². The predicted molar refractivity (Wildman–Crippen MR) is 86.7 cm³/mol. The molecule has 1 aromatic heterocycles. The molecular weight excluding hydrogens is 352 g/mol. The number of carbonyl (C=O) groups is 3. The number of benzene rings is 1. The molecule has 0 aliphatic rings. The average Bonchev–Trinajstić information content (AvgIpc) is 3.13. The molecule has 0 bridgehead atoms. The van der Waals surface area contributed by atoms with Crippen LogP contribution in [0.2, 0.25) is 0 Å². The number of esters is 1. The molecule has 2 amide bonds. The van der Waals surface area contributed by atoms with Crippen LogP contribution in [0.25, 0.3) is 0 Å². The largest absolute Gasteiger partial charge is 0.496 e. The molecule has 2 aromatic rings. The van der Waals surface area contributed by atoms with Crippen LogP contribution in [0.3, 0.4) is 0 Å². The number of nitrogens with zero attached hydrogens (tertiary/aromatic N) is 1. The van der Waals surface area contributed by atoms with E-state index in [2.05, 4.69) is 5.32 Å². The summed E-state index contributed by atoms with van der Waals surface area (Å²) in [5.41, 5.74) is -0.529. The fourth-order valence-electron chi connectivity index (χ4n) is 1.81. The van der Waals surface area contributed by atoms with Gasteiger partial charge in [-0.15, -0.1) is 11.3 Å². The van der Waals surface area contributed by atoms with Crippen molar-refractivity contribution in [1.29, 1.82) is 0 Å². The number of hydrogen-bond donors (Lipinski definition) is 1. The van der Waals surface area contributed by atoms with Crippen LogP contribution in [0.5, 0.6) is 5.75 Å². The van der Waals surface area contributed by atoms with Gasteiger partial charge in [-0.2, -0.15) is 0 Å². The van der Waals surface area contributed by atoms with E-state index in [9.17, 15) is 24.5 Å². The average molecular weight is 364 g/mol. The van der Waals surface area contributed by atoms with Crippen molar-refractivity contribution in [3.63, 3.8) is 0 Å². The summed E-state index contributed by atoms with van der Waals surface area (Å²) in [4.78, 5) is 45.8. The minimum absolute atomic E-state index is 0.0608. The smallest absolute Gasteiger partial charge is 0.342 e. The molecule has 0 saturated carbocycles. The first-order chi connectivity index (χ1) is 11.9. The number of rotatable bonds is 6. The fourth-order valence-corrected chi connectivity index (χ4v) is 2.43. The standard InChI is InChI=1S/C15H12N2O7S/c1-23-11-5-4-9(17(21)22)7-10(11)15(20)24-8-13(18)16-14(19)12-3-2-6-25-12/h2-7H,8H2,1H3,(H,16,18,19). The first kappa shape index (κ1) is 18.1. The lowest BCUT2D eigenvalue weighted by molar-refractivity contribution is -0.384. The summed E-state index contributed by atoms with van der Waals surface area (Å²) in [5.74, 6) is -2.36. The molecule has 25 heavy (non-hydrogen) atoms. The fraction of sp³-hybridized carbons (Fsp3) is 0.133. The van der Waals surface area contributed by atoms with Crippen LogP contribution in [-0.4, -0.2) is 36.4 Å². The first-order valence-corrected chi connectivity index (χ1v) is 7.67. The van der Waals surface area contributed by atoms with Gasteiger partial charge in [-0.25, -0.2) is 4.79 Å². The lowest BCUT2D eigenvalue weighted by atomic mass is 10.2. The highest BCUT2D eigenvalue weighted by Gasteiger charge is 2.20. The minimum Gasteiger partial charge on any atom is -0.496 e. The monoisotopic (exact) mass is 364 g/mol. The second-order valence-electron chi connectivity index (χ2n) is 4.57. The molecule has 10 heteroatoms. The summed E-state index contributed by atoms with van der Waals surface area (Å²) in [6, 6.07) is 6.58. The Labute approximate surface area is 145 Å². The molecular formula is C15H12N2O7S. The van der Waals surface area contributed by atoms with Gasteiger partial charge in [0.2, 0.25) is 0 Å². The summed E-state index contributed by atoms with van der Waals surface area (Å²) in [7, 11) is 1.28. The Bertz CT molecular complexity index is 817. The lowest BCUT2D eigenvalue weighted by Gasteiger charge is -2.08. The Hall–Kier alpha value is -3.27. The zero-order valence-corrected chi connectivity index (χ0v) is 13.7. The number of amides is 2. The molecule has 130 valence electrons. The first-order valence-electron chi connectivity index (χ1n) is 6.79. The summed E-state index contributed by atoms with van der Waals surface area (Å²) >= 11 is 1.15. The van der Waals surface area contributed by atoms with Crippen molar-refractivity contribution >= 4 is 34.8 Å². The number of hydrogen-bond acceptors (Lipinski definition) is 8. The number of nitrogens with one attached hydrogen (secondary N) is 1. The summed E-state index contributed by atoms with van der Waals surface area (Å²) < 4.78 is 9.73. The number of non-ortho nitro benzene ring substituents is 1. The number of methoxy groups -OCH3 is 1. The van der Waals surface area contributed by atoms with Crippen molar-refractivity contribution in [2.24, 2.45) is 0 Å². The molecule has 0 saturated heterocycles. The van der Waals surface area contributed by atoms with Crippen molar-refractivity contribution in [3.8, 4) is 5.75 Å². The highest BCUT2D eigenvalue weighted by atomic mass is 32.1. The van der Waals surface area contributed by atoms with Crippen LogP contribution < -0.4 is 10.1 Å². The predicted octanol–water partition coefficient (Wildman–Crippen LogP) is 1.78. The van der Waals surface area contributed by atoms with E-state index < -0.39 is 29.3 Å². The summed E-state index contributed by atoms with van der Waals surface area (Å²) in [6.07, 6.45) is 0. The third-order valence-corrected chi connectivity index (χ3v) is 3.81. The van der Waals surface area contributed by atoms with Gasteiger partial charge in [0, 0.05) is 12.1 Å². The quantitative estimate of drug-likeness (QED) is 0.470. The molecule has 1 heterocycles. The van der Waals surface area contributed by atoms with Gasteiger partial charge in [-0.1, -0.05) is 6.07 Å². The number of nitro benzene ring substituents is 1. The van der Waals surface area contributed by atoms with E-state index in [4.69, 9.17) is 9.47 Å². The van der Waals surface area contributed by atoms with Crippen LogP contribution in [0.15, 0.2) is 35.7 Å². The van der Waals surface area contributed by atoms with E-state index in [1.807, 2.05) is 0 Å². The molecule has 0 radical (unpaired) electrons. The Morgan fingerprint density at radius 2 is 2.04 bits per heavy atom. The molecule has 0 fully saturated rings. The van der Waals surface area contributed by atoms with Gasteiger partial charge >= 0.3 is 5.97 Å². The van der Waals surface area contributed by atoms with Gasteiger partial charge in [0.15, 0.2) is 6.61 Å². The molecule has 9 nitrogen and oxygen atoms in total. The van der Waals surface area contributed by atoms with E-state index >= 15 is 0 Å². The molecule has 0 aliphatic heterocycles. The third-order valence-electron chi connectivity index (χ3n) is 2.95. The lowest BCUT2D eigenvalue weighted by Crippen LogP contribution is -2.33. The Morgan fingerprint density at radius 3 is 2.64 bits per heavy atom. The topological polar surface area (TPSA) is 125 Å². The van der Waals surface area contributed by atoms with Crippen molar-refractivity contribution in [1.82, 2.24) is 5.32 Å². The van der Waals surface area contributed by atoms with E-state index in [1.54, 1.807) is 11.4 Å². The number of ether oxygens (including phenoxy) is 2. The molecule has 2 rings (SSSR count). The van der Waals surface area contributed by atoms with E-state index in [0.717, 1.165) is 17.4 Å². The number of thiophene rings is 1. The Morgan fingerprint density at radius 1 is 1.28 bits per heavy atom. The minimum atomic E-state index is -0.987. The zero-order chi connectivity index (χ0) is 18.4. The normalized spacial score (nSPS) is 9.96. The highest BCUT2D eigenvalue weighted by Crippen LogP contribution is 2.24. The molecule has 0 atom stereocenters. The Kier molecular flexibility index (Phi) is 5.79. The summed E-state index contributed by atoms with van der Waals surface area (Å²) in [6.45, 7) is -0.720. The SMILES string of the molecule is COc1ccc([N+](=O)[O-])cc1C(=O)OCC(=O)NC(=O)c1cccs1. The highest BCUT2D eigenvalue weighted by molar-refractivity contribution is 7.12. The van der Waals surface area contributed by atoms with Crippen LogP contribution in [0.4, 0.5) is 5.69 Å². The van der Waals surface area contributed by atoms with Gasteiger partial charge in [-0.3, -0.25) is 25.0 Å². The Balaban J connectivity index is 2.00. The molecule has 1 N–H and O–H groups in total. The second-order valence-corrected chi connectivity index (χ2v) is 5.52. The maximum absolute atomic E-state index is 12.0. The van der Waals surface area contributed by atoms with Crippen LogP contribution in [0, 0.1) is 10.1 Å². The van der Waals surface area contributed by atoms with E-state index in [0.29, 0.717) is 4.88 Å².